The Hall–Kier alpha value is -2.18. The van der Waals surface area contributed by atoms with Gasteiger partial charge in [-0.15, -0.1) is 11.3 Å². The van der Waals surface area contributed by atoms with E-state index in [9.17, 15) is 4.79 Å². The van der Waals surface area contributed by atoms with Crippen LogP contribution in [-0.4, -0.2) is 39.5 Å². The van der Waals surface area contributed by atoms with Crippen molar-refractivity contribution in [2.75, 3.05) is 18.4 Å². The van der Waals surface area contributed by atoms with E-state index >= 15 is 0 Å². The van der Waals surface area contributed by atoms with Gasteiger partial charge in [-0.2, -0.15) is 0 Å². The molecule has 1 saturated heterocycles. The SMILES string of the molecule is CCCN1C[C@H](C(=O)Nc2nccs2)CC2c3cccc4c3c(cn4C)C[C@H]21. The van der Waals surface area contributed by atoms with E-state index in [4.69, 9.17) is 0 Å². The highest BCUT2D eigenvalue weighted by Gasteiger charge is 2.42. The van der Waals surface area contributed by atoms with Gasteiger partial charge in [-0.3, -0.25) is 9.69 Å². The van der Waals surface area contributed by atoms with Crippen molar-refractivity contribution in [1.82, 2.24) is 14.5 Å². The lowest BCUT2D eigenvalue weighted by molar-refractivity contribution is -0.122. The molecule has 3 aromatic rings. The van der Waals surface area contributed by atoms with Crippen LogP contribution in [0.2, 0.25) is 0 Å². The summed E-state index contributed by atoms with van der Waals surface area (Å²) in [5, 5.41) is 7.05. The Morgan fingerprint density at radius 1 is 1.39 bits per heavy atom. The van der Waals surface area contributed by atoms with Crippen LogP contribution in [0.1, 0.15) is 36.8 Å². The van der Waals surface area contributed by atoms with Gasteiger partial charge in [0.25, 0.3) is 0 Å². The molecular formula is C22H26N4OS. The Kier molecular flexibility index (Phi) is 4.48. The van der Waals surface area contributed by atoms with Gasteiger partial charge in [0.15, 0.2) is 5.13 Å². The number of benzene rings is 1. The molecule has 0 bridgehead atoms. The minimum absolute atomic E-state index is 0.00258. The third kappa shape index (κ3) is 2.86. The maximum absolute atomic E-state index is 13.0. The van der Waals surface area contributed by atoms with Gasteiger partial charge in [0.05, 0.1) is 5.92 Å². The minimum atomic E-state index is -0.00258. The van der Waals surface area contributed by atoms with Crippen LogP contribution in [0.4, 0.5) is 5.13 Å². The number of nitrogens with zero attached hydrogens (tertiary/aromatic N) is 3. The Morgan fingerprint density at radius 3 is 3.07 bits per heavy atom. The fourth-order valence-corrected chi connectivity index (χ4v) is 5.83. The predicted molar refractivity (Wildman–Crippen MR) is 114 cm³/mol. The van der Waals surface area contributed by atoms with E-state index in [-0.39, 0.29) is 11.8 Å². The van der Waals surface area contributed by atoms with Crippen LogP contribution < -0.4 is 5.32 Å². The largest absolute Gasteiger partial charge is 0.350 e. The summed E-state index contributed by atoms with van der Waals surface area (Å²) < 4.78 is 2.25. The van der Waals surface area contributed by atoms with Crippen molar-refractivity contribution in [3.8, 4) is 0 Å². The molecule has 5 rings (SSSR count). The molecule has 1 N–H and O–H groups in total. The topological polar surface area (TPSA) is 50.2 Å². The molecule has 1 fully saturated rings. The standard InChI is InChI=1S/C22H26N4OS/c1-3-8-26-13-15(21(27)24-22-23-7-9-28-22)10-17-16-5-4-6-18-20(16)14(11-19(17)26)12-25(18)2/h4-7,9,12,15,17,19H,3,8,10-11,13H2,1-2H3,(H,23,24,27)/t15-,17?,19-/m1/s1. The fourth-order valence-electron chi connectivity index (χ4n) is 5.30. The molecule has 5 nitrogen and oxygen atoms in total. The van der Waals surface area contributed by atoms with E-state index < -0.39 is 0 Å². The van der Waals surface area contributed by atoms with Crippen molar-refractivity contribution in [2.45, 2.75) is 38.1 Å². The predicted octanol–water partition coefficient (Wildman–Crippen LogP) is 4.01. The molecule has 146 valence electrons. The Bertz CT molecular complexity index is 1010. The Balaban J connectivity index is 1.50. The van der Waals surface area contributed by atoms with Crippen molar-refractivity contribution in [3.63, 3.8) is 0 Å². The molecule has 1 aromatic carbocycles. The molecule has 1 amide bonds. The van der Waals surface area contributed by atoms with E-state index in [1.807, 2.05) is 5.38 Å². The van der Waals surface area contributed by atoms with Crippen molar-refractivity contribution < 1.29 is 4.79 Å². The van der Waals surface area contributed by atoms with Gasteiger partial charge in [-0.1, -0.05) is 19.1 Å². The molecular weight excluding hydrogens is 368 g/mol. The van der Waals surface area contributed by atoms with Crippen LogP contribution in [0.15, 0.2) is 36.0 Å². The quantitative estimate of drug-likeness (QED) is 0.727. The number of fused-ring (bicyclic) bond motifs is 2. The number of anilines is 1. The van der Waals surface area contributed by atoms with Crippen molar-refractivity contribution in [1.29, 1.82) is 0 Å². The second-order valence-corrected chi connectivity index (χ2v) is 9.03. The molecule has 1 aliphatic carbocycles. The number of hydrogen-bond donors (Lipinski definition) is 1. The molecule has 0 saturated carbocycles. The molecule has 1 unspecified atom stereocenters. The van der Waals surface area contributed by atoms with Gasteiger partial charge in [-0.05, 0) is 43.0 Å². The first-order valence-electron chi connectivity index (χ1n) is 10.2. The first kappa shape index (κ1) is 17.9. The van der Waals surface area contributed by atoms with E-state index in [0.717, 1.165) is 32.4 Å². The second-order valence-electron chi connectivity index (χ2n) is 8.14. The van der Waals surface area contributed by atoms with Crippen LogP contribution in [-0.2, 0) is 18.3 Å². The minimum Gasteiger partial charge on any atom is -0.350 e. The van der Waals surface area contributed by atoms with Gasteiger partial charge in [0, 0.05) is 54.2 Å². The number of thiazole rings is 1. The van der Waals surface area contributed by atoms with Gasteiger partial charge < -0.3 is 9.88 Å². The van der Waals surface area contributed by atoms with Crippen molar-refractivity contribution in [2.24, 2.45) is 13.0 Å². The average molecular weight is 395 g/mol. The molecule has 28 heavy (non-hydrogen) atoms. The molecule has 1 aliphatic heterocycles. The van der Waals surface area contributed by atoms with E-state index in [0.29, 0.717) is 17.1 Å². The fraction of sp³-hybridized carbons (Fsp3) is 0.455. The number of nitrogens with one attached hydrogen (secondary N) is 1. The lowest BCUT2D eigenvalue weighted by Crippen LogP contribution is -2.52. The van der Waals surface area contributed by atoms with Crippen LogP contribution >= 0.6 is 11.3 Å². The zero-order valence-electron chi connectivity index (χ0n) is 16.4. The number of piperidine rings is 1. The summed E-state index contributed by atoms with van der Waals surface area (Å²) in [5.41, 5.74) is 4.20. The zero-order valence-corrected chi connectivity index (χ0v) is 17.2. The summed E-state index contributed by atoms with van der Waals surface area (Å²) in [6.45, 7) is 4.11. The monoisotopic (exact) mass is 394 g/mol. The highest BCUT2D eigenvalue weighted by Crippen LogP contribution is 2.45. The van der Waals surface area contributed by atoms with Crippen LogP contribution in [0.3, 0.4) is 0 Å². The summed E-state index contributed by atoms with van der Waals surface area (Å²) in [4.78, 5) is 19.8. The maximum Gasteiger partial charge on any atom is 0.230 e. The van der Waals surface area contributed by atoms with E-state index in [1.54, 1.807) is 6.20 Å². The molecule has 3 heterocycles. The third-order valence-corrected chi connectivity index (χ3v) is 7.11. The summed E-state index contributed by atoms with van der Waals surface area (Å²) in [6, 6.07) is 7.16. The summed E-state index contributed by atoms with van der Waals surface area (Å²) >= 11 is 1.48. The lowest BCUT2D eigenvalue weighted by atomic mass is 9.72. The number of aromatic nitrogens is 2. The van der Waals surface area contributed by atoms with E-state index in [2.05, 4.69) is 58.1 Å². The normalized spacial score (nSPS) is 24.3. The molecule has 2 aliphatic rings. The smallest absolute Gasteiger partial charge is 0.230 e. The van der Waals surface area contributed by atoms with Crippen molar-refractivity contribution >= 4 is 33.3 Å². The van der Waals surface area contributed by atoms with Crippen LogP contribution in [0.5, 0.6) is 0 Å². The molecule has 3 atom stereocenters. The van der Waals surface area contributed by atoms with Gasteiger partial charge >= 0.3 is 0 Å². The molecule has 0 radical (unpaired) electrons. The number of hydrogen-bond acceptors (Lipinski definition) is 4. The summed E-state index contributed by atoms with van der Waals surface area (Å²) in [5.74, 6) is 0.517. The second kappa shape index (κ2) is 7.01. The Labute approximate surface area is 169 Å². The maximum atomic E-state index is 13.0. The first-order chi connectivity index (χ1) is 13.7. The number of carbonyl (C=O) groups excluding carboxylic acids is 1. The average Bonchev–Trinajstić information content (AvgIpc) is 3.31. The Morgan fingerprint density at radius 2 is 2.29 bits per heavy atom. The first-order valence-corrected chi connectivity index (χ1v) is 11.0. The number of amides is 1. The molecule has 6 heteroatoms. The summed E-state index contributed by atoms with van der Waals surface area (Å²) in [7, 11) is 2.14. The highest BCUT2D eigenvalue weighted by molar-refractivity contribution is 7.13. The molecule has 0 spiro atoms. The summed E-state index contributed by atoms with van der Waals surface area (Å²) in [6.07, 6.45) is 7.14. The number of rotatable bonds is 4. The van der Waals surface area contributed by atoms with Gasteiger partial charge in [0.1, 0.15) is 0 Å². The number of carbonyl (C=O) groups is 1. The zero-order chi connectivity index (χ0) is 19.3. The molecule has 2 aromatic heterocycles. The van der Waals surface area contributed by atoms with Crippen molar-refractivity contribution in [3.05, 3.63) is 47.1 Å². The third-order valence-electron chi connectivity index (χ3n) is 6.42. The van der Waals surface area contributed by atoms with Crippen LogP contribution in [0, 0.1) is 5.92 Å². The van der Waals surface area contributed by atoms with Gasteiger partial charge in [0.2, 0.25) is 5.91 Å². The highest BCUT2D eigenvalue weighted by atomic mass is 32.1. The lowest BCUT2D eigenvalue weighted by Gasteiger charge is -2.46. The van der Waals surface area contributed by atoms with Gasteiger partial charge in [-0.25, -0.2) is 4.98 Å². The number of aryl methyl sites for hydroxylation is 1. The van der Waals surface area contributed by atoms with Crippen LogP contribution in [0.25, 0.3) is 10.9 Å². The number of likely N-dealkylation sites (tertiary alicyclic amines) is 1. The van der Waals surface area contributed by atoms with E-state index in [1.165, 1.54) is 33.4 Å².